The first-order chi connectivity index (χ1) is 25.1. The van der Waals surface area contributed by atoms with E-state index >= 15 is 0 Å². The summed E-state index contributed by atoms with van der Waals surface area (Å²) >= 11 is 0. The summed E-state index contributed by atoms with van der Waals surface area (Å²) in [4.78, 5) is 55.5. The van der Waals surface area contributed by atoms with E-state index in [-0.39, 0.29) is 23.6 Å². The van der Waals surface area contributed by atoms with E-state index < -0.39 is 5.97 Å². The number of pyridine rings is 3. The molecular formula is C39H46N8O5. The molecule has 0 spiro atoms. The van der Waals surface area contributed by atoms with Crippen LogP contribution in [0.5, 0.6) is 0 Å². The predicted molar refractivity (Wildman–Crippen MR) is 198 cm³/mol. The summed E-state index contributed by atoms with van der Waals surface area (Å²) < 4.78 is 14.7. The monoisotopic (exact) mass is 706 g/mol. The Morgan fingerprint density at radius 1 is 1.04 bits per heavy atom. The van der Waals surface area contributed by atoms with Gasteiger partial charge < -0.3 is 28.8 Å². The van der Waals surface area contributed by atoms with Crippen LogP contribution in [0.1, 0.15) is 60.9 Å². The fraction of sp³-hybridized carbons (Fsp3) is 0.462. The molecule has 2 saturated heterocycles. The average Bonchev–Trinajstić information content (AvgIpc) is 3.48. The lowest BCUT2D eigenvalue weighted by molar-refractivity contribution is -0.142. The van der Waals surface area contributed by atoms with Crippen LogP contribution in [0.15, 0.2) is 53.7 Å². The zero-order valence-corrected chi connectivity index (χ0v) is 30.4. The van der Waals surface area contributed by atoms with Gasteiger partial charge in [-0.05, 0) is 81.0 Å². The van der Waals surface area contributed by atoms with Crippen molar-refractivity contribution in [3.8, 4) is 11.1 Å². The topological polar surface area (TPSA) is 127 Å². The van der Waals surface area contributed by atoms with Gasteiger partial charge in [-0.1, -0.05) is 0 Å². The summed E-state index contributed by atoms with van der Waals surface area (Å²) in [5.41, 5.74) is 6.26. The number of aromatic nitrogens is 4. The highest BCUT2D eigenvalue weighted by atomic mass is 16.5. The summed E-state index contributed by atoms with van der Waals surface area (Å²) in [6.07, 6.45) is 9.51. The molecule has 52 heavy (non-hydrogen) atoms. The van der Waals surface area contributed by atoms with Gasteiger partial charge in [-0.25, -0.2) is 9.97 Å². The molecule has 272 valence electrons. The van der Waals surface area contributed by atoms with Crippen LogP contribution in [0.2, 0.25) is 0 Å². The molecular weight excluding hydrogens is 660 g/mol. The Morgan fingerprint density at radius 2 is 1.87 bits per heavy atom. The van der Waals surface area contributed by atoms with Gasteiger partial charge in [-0.3, -0.25) is 24.2 Å². The Kier molecular flexibility index (Phi) is 8.86. The molecule has 13 nitrogen and oxygen atoms in total. The largest absolute Gasteiger partial charge is 0.461 e. The van der Waals surface area contributed by atoms with Gasteiger partial charge in [0.05, 0.1) is 31.1 Å². The molecule has 0 saturated carbocycles. The molecule has 3 aliphatic heterocycles. The maximum Gasteiger partial charge on any atom is 0.302 e. The first-order valence-corrected chi connectivity index (χ1v) is 18.3. The predicted octanol–water partition coefficient (Wildman–Crippen LogP) is 4.29. The van der Waals surface area contributed by atoms with Crippen molar-refractivity contribution in [1.82, 2.24) is 24.0 Å². The zero-order chi connectivity index (χ0) is 36.1. The summed E-state index contributed by atoms with van der Waals surface area (Å²) in [6.45, 7) is 11.3. The Labute approximate surface area is 303 Å². The number of piperazine rings is 1. The van der Waals surface area contributed by atoms with E-state index in [2.05, 4.69) is 38.5 Å². The number of carbonyl (C=O) groups excluding carboxylic acids is 2. The number of fused-ring (bicyclic) bond motifs is 3. The highest BCUT2D eigenvalue weighted by Crippen LogP contribution is 2.36. The molecule has 0 radical (unpaired) electrons. The van der Waals surface area contributed by atoms with Gasteiger partial charge in [0.25, 0.3) is 11.5 Å². The molecule has 1 amide bonds. The van der Waals surface area contributed by atoms with Crippen LogP contribution in [0.25, 0.3) is 11.1 Å². The third-order valence-electron chi connectivity index (χ3n) is 11.0. The van der Waals surface area contributed by atoms with Crippen LogP contribution in [-0.4, -0.2) is 86.9 Å². The van der Waals surface area contributed by atoms with Crippen molar-refractivity contribution in [1.29, 1.82) is 0 Å². The molecule has 4 aromatic rings. The van der Waals surface area contributed by atoms with E-state index in [4.69, 9.17) is 14.5 Å². The van der Waals surface area contributed by atoms with Gasteiger partial charge in [0.15, 0.2) is 0 Å². The molecule has 2 fully saturated rings. The van der Waals surface area contributed by atoms with E-state index in [0.717, 1.165) is 64.2 Å². The van der Waals surface area contributed by atoms with Crippen molar-refractivity contribution >= 4 is 34.9 Å². The minimum atomic E-state index is -0.442. The fourth-order valence-electron chi connectivity index (χ4n) is 8.26. The number of anilines is 4. The van der Waals surface area contributed by atoms with Crippen LogP contribution in [0.3, 0.4) is 0 Å². The van der Waals surface area contributed by atoms with Crippen LogP contribution in [0, 0.1) is 0 Å². The quantitative estimate of drug-likeness (QED) is 0.265. The normalized spacial score (nSPS) is 18.8. The van der Waals surface area contributed by atoms with Gasteiger partial charge >= 0.3 is 5.97 Å². The molecule has 0 aromatic carbocycles. The van der Waals surface area contributed by atoms with E-state index in [1.165, 1.54) is 22.7 Å². The Hall–Kier alpha value is -5.01. The third kappa shape index (κ3) is 6.25. The third-order valence-corrected chi connectivity index (χ3v) is 11.0. The summed E-state index contributed by atoms with van der Waals surface area (Å²) in [6, 6.07) is 10.1. The van der Waals surface area contributed by atoms with Crippen LogP contribution < -0.4 is 20.7 Å². The number of hydrogen-bond acceptors (Lipinski definition) is 10. The minimum absolute atomic E-state index is 0.0789. The van der Waals surface area contributed by atoms with Gasteiger partial charge in [0.1, 0.15) is 29.6 Å². The van der Waals surface area contributed by atoms with Crippen molar-refractivity contribution in [2.45, 2.75) is 71.2 Å². The molecule has 1 N–H and O–H groups in total. The summed E-state index contributed by atoms with van der Waals surface area (Å²) in [5, 5.41) is 3.25. The second kappa shape index (κ2) is 13.5. The zero-order valence-electron chi connectivity index (χ0n) is 30.4. The molecule has 8 rings (SSSR count). The Balaban J connectivity index is 1.08. The highest BCUT2D eigenvalue weighted by Gasteiger charge is 2.39. The number of carbonyl (C=O) groups is 2. The molecule has 4 aromatic heterocycles. The van der Waals surface area contributed by atoms with Crippen molar-refractivity contribution in [2.75, 3.05) is 54.5 Å². The molecule has 0 atom stereocenters. The number of hydrogen-bond donors (Lipinski definition) is 1. The lowest BCUT2D eigenvalue weighted by Gasteiger charge is -2.51. The van der Waals surface area contributed by atoms with Crippen molar-refractivity contribution in [3.05, 3.63) is 81.8 Å². The van der Waals surface area contributed by atoms with Crippen LogP contribution in [0.4, 0.5) is 23.0 Å². The van der Waals surface area contributed by atoms with Crippen LogP contribution in [-0.2, 0) is 47.3 Å². The fourth-order valence-corrected chi connectivity index (χ4v) is 8.26. The number of aryl methyl sites for hydroxylation is 2. The van der Waals surface area contributed by atoms with Gasteiger partial charge in [0, 0.05) is 81.4 Å². The van der Waals surface area contributed by atoms with Gasteiger partial charge in [-0.15, -0.1) is 0 Å². The molecule has 4 aliphatic rings. The SMILES string of the molecule is CC(=O)OCc1c(-c2cc(Nc3ccc(N4CCN(C5COC5)CC4(C)C)cn3)c(=O)n(C)c2)ccnc1N1CCn2c(cc3c2CCCC3)C1=O. The van der Waals surface area contributed by atoms with Gasteiger partial charge in [-0.2, -0.15) is 0 Å². The molecule has 1 aliphatic carbocycles. The van der Waals surface area contributed by atoms with Crippen LogP contribution >= 0.6 is 0 Å². The van der Waals surface area contributed by atoms with E-state index in [1.54, 1.807) is 30.4 Å². The number of ether oxygens (including phenoxy) is 2. The van der Waals surface area contributed by atoms with Crippen molar-refractivity contribution in [2.24, 2.45) is 7.05 Å². The lowest BCUT2D eigenvalue weighted by Crippen LogP contribution is -2.64. The second-order valence-corrected chi connectivity index (χ2v) is 15.0. The molecule has 13 heteroatoms. The molecule has 0 bridgehead atoms. The molecule has 0 unspecified atom stereocenters. The standard InChI is InChI=1S/C39H46N8O5/c1-25(48)52-23-31-30(11-12-40-36(31)46-15-14-45-33-8-6-5-7-26(33)18-34(45)38(46)50)27-17-32(37(49)43(4)20-27)42-35-10-9-28(19-41-35)47-16-13-44(24-39(47,2)3)29-21-51-22-29/h9-12,17-20,29H,5-8,13-16,21-24H2,1-4H3,(H,41,42). The second-order valence-electron chi connectivity index (χ2n) is 15.0. The number of amides is 1. The molecule has 7 heterocycles. The number of nitrogens with zero attached hydrogens (tertiary/aromatic N) is 7. The van der Waals surface area contributed by atoms with E-state index in [9.17, 15) is 14.4 Å². The Bertz CT molecular complexity index is 2080. The number of rotatable bonds is 8. The first-order valence-electron chi connectivity index (χ1n) is 18.3. The Morgan fingerprint density at radius 3 is 2.60 bits per heavy atom. The maximum atomic E-state index is 14.0. The lowest BCUT2D eigenvalue weighted by atomic mass is 9.96. The highest BCUT2D eigenvalue weighted by molar-refractivity contribution is 6.06. The first kappa shape index (κ1) is 34.1. The van der Waals surface area contributed by atoms with E-state index in [1.807, 2.05) is 30.5 Å². The maximum absolute atomic E-state index is 14.0. The smallest absolute Gasteiger partial charge is 0.302 e. The average molecular weight is 707 g/mol. The number of nitrogens with one attached hydrogen (secondary N) is 1. The van der Waals surface area contributed by atoms with Gasteiger partial charge in [0.2, 0.25) is 0 Å². The van der Waals surface area contributed by atoms with Crippen molar-refractivity contribution in [3.63, 3.8) is 0 Å². The minimum Gasteiger partial charge on any atom is -0.461 e. The van der Waals surface area contributed by atoms with E-state index in [0.29, 0.717) is 58.8 Å². The number of esters is 1. The summed E-state index contributed by atoms with van der Waals surface area (Å²) in [5.74, 6) is 0.425. The summed E-state index contributed by atoms with van der Waals surface area (Å²) in [7, 11) is 1.70. The van der Waals surface area contributed by atoms with Crippen molar-refractivity contribution < 1.29 is 19.1 Å².